The topological polar surface area (TPSA) is 104 Å². The summed E-state index contributed by atoms with van der Waals surface area (Å²) in [6, 6.07) is 3.21. The fourth-order valence-corrected chi connectivity index (χ4v) is 3.18. The van der Waals surface area contributed by atoms with E-state index < -0.39 is 49.8 Å². The summed E-state index contributed by atoms with van der Waals surface area (Å²) in [5, 5.41) is 10.9. The van der Waals surface area contributed by atoms with Crippen LogP contribution in [0.1, 0.15) is 0 Å². The zero-order chi connectivity index (χ0) is 17.8. The van der Waals surface area contributed by atoms with E-state index in [1.54, 1.807) is 6.26 Å². The van der Waals surface area contributed by atoms with Crippen molar-refractivity contribution in [3.8, 4) is 0 Å². The van der Waals surface area contributed by atoms with Crippen LogP contribution in [0.25, 0.3) is 0 Å². The Labute approximate surface area is 132 Å². The number of thioether (sulfide) groups is 1. The van der Waals surface area contributed by atoms with Crippen molar-refractivity contribution in [2.75, 3.05) is 18.6 Å². The molecule has 1 aromatic rings. The molecule has 0 saturated heterocycles. The molecular weight excluding hydrogens is 363 g/mol. The minimum atomic E-state index is -4.80. The lowest BCUT2D eigenvalue weighted by Gasteiger charge is -2.09. The minimum absolute atomic E-state index is 0.412. The van der Waals surface area contributed by atoms with E-state index in [0.717, 1.165) is 23.9 Å². The summed E-state index contributed by atoms with van der Waals surface area (Å²) in [5.41, 5.74) is -0.763. The highest BCUT2D eigenvalue weighted by Crippen LogP contribution is 2.29. The average Bonchev–Trinajstić information content (AvgIpc) is 2.43. The normalized spacial score (nSPS) is 12.0. The molecule has 12 heteroatoms. The van der Waals surface area contributed by atoms with Gasteiger partial charge < -0.3 is 4.74 Å². The molecule has 0 spiro atoms. The van der Waals surface area contributed by atoms with Gasteiger partial charge >= 0.3 is 12.1 Å². The number of esters is 1. The van der Waals surface area contributed by atoms with Gasteiger partial charge in [0.1, 0.15) is 4.90 Å². The lowest BCUT2D eigenvalue weighted by Crippen LogP contribution is -2.25. The van der Waals surface area contributed by atoms with Crippen LogP contribution in [0.5, 0.6) is 0 Å². The lowest BCUT2D eigenvalue weighted by molar-refractivity contribution is -0.388. The van der Waals surface area contributed by atoms with Gasteiger partial charge in [-0.2, -0.15) is 13.2 Å². The second-order valence-corrected chi connectivity index (χ2v) is 6.96. The van der Waals surface area contributed by atoms with Crippen molar-refractivity contribution in [1.29, 1.82) is 0 Å². The predicted octanol–water partition coefficient (Wildman–Crippen LogP) is 2.20. The van der Waals surface area contributed by atoms with Crippen LogP contribution in [0.2, 0.25) is 0 Å². The number of nitro benzene ring substituents is 1. The first-order chi connectivity index (χ1) is 10.5. The van der Waals surface area contributed by atoms with Crippen LogP contribution >= 0.6 is 11.8 Å². The molecule has 0 aromatic heterocycles. The van der Waals surface area contributed by atoms with Crippen LogP contribution in [0.3, 0.4) is 0 Å². The van der Waals surface area contributed by atoms with Gasteiger partial charge in [-0.3, -0.25) is 14.9 Å². The number of ether oxygens (including phenoxy) is 1. The highest BCUT2D eigenvalue weighted by atomic mass is 32.2. The molecule has 0 atom stereocenters. The van der Waals surface area contributed by atoms with Crippen molar-refractivity contribution in [2.45, 2.75) is 16.0 Å². The van der Waals surface area contributed by atoms with E-state index in [-0.39, 0.29) is 0 Å². The number of nitrogens with zero attached hydrogens (tertiary/aromatic N) is 1. The number of nitro groups is 1. The molecule has 0 amide bonds. The van der Waals surface area contributed by atoms with Gasteiger partial charge in [-0.25, -0.2) is 8.42 Å². The van der Waals surface area contributed by atoms with Crippen LogP contribution in [-0.2, 0) is 19.4 Å². The fourth-order valence-electron chi connectivity index (χ4n) is 1.47. The Morgan fingerprint density at radius 3 is 2.48 bits per heavy atom. The number of alkyl halides is 3. The molecule has 0 fully saturated rings. The maximum absolute atomic E-state index is 12.0. The maximum atomic E-state index is 12.0. The van der Waals surface area contributed by atoms with Gasteiger partial charge in [-0.1, -0.05) is 0 Å². The Kier molecular flexibility index (Phi) is 5.99. The SMILES string of the molecule is CSc1ccc(S(=O)(=O)CC(=O)OCC(F)(F)F)c([N+](=O)[O-])c1. The van der Waals surface area contributed by atoms with Crippen LogP contribution in [0, 0.1) is 10.1 Å². The fraction of sp³-hybridized carbons (Fsp3) is 0.364. The number of carbonyl (C=O) groups excluding carboxylic acids is 1. The van der Waals surface area contributed by atoms with Gasteiger partial charge in [0.2, 0.25) is 0 Å². The second kappa shape index (κ2) is 7.17. The number of carbonyl (C=O) groups is 1. The molecule has 0 aliphatic rings. The third-order valence-corrected chi connectivity index (χ3v) is 4.76. The molecule has 0 unspecified atom stereocenters. The first kappa shape index (κ1) is 19.2. The van der Waals surface area contributed by atoms with E-state index in [9.17, 15) is 36.5 Å². The molecule has 1 aromatic carbocycles. The summed E-state index contributed by atoms with van der Waals surface area (Å²) in [5.74, 6) is -3.08. The second-order valence-electron chi connectivity index (χ2n) is 4.13. The van der Waals surface area contributed by atoms with Crippen LogP contribution in [0.4, 0.5) is 18.9 Å². The van der Waals surface area contributed by atoms with Crippen molar-refractivity contribution in [1.82, 2.24) is 0 Å². The van der Waals surface area contributed by atoms with Crippen molar-refractivity contribution in [2.24, 2.45) is 0 Å². The van der Waals surface area contributed by atoms with E-state index in [1.807, 2.05) is 0 Å². The van der Waals surface area contributed by atoms with Gasteiger partial charge in [0.15, 0.2) is 22.2 Å². The molecule has 1 rings (SSSR count). The average molecular weight is 373 g/mol. The summed E-state index contributed by atoms with van der Waals surface area (Å²) >= 11 is 1.13. The van der Waals surface area contributed by atoms with Crippen LogP contribution in [0.15, 0.2) is 28.0 Å². The Hall–Kier alpha value is -1.82. The summed E-state index contributed by atoms with van der Waals surface area (Å²) in [4.78, 5) is 20.9. The van der Waals surface area contributed by atoms with Gasteiger partial charge in [0, 0.05) is 11.0 Å². The first-order valence-corrected chi connectivity index (χ1v) is 8.61. The highest BCUT2D eigenvalue weighted by molar-refractivity contribution is 7.98. The van der Waals surface area contributed by atoms with E-state index in [4.69, 9.17) is 0 Å². The van der Waals surface area contributed by atoms with Crippen molar-refractivity contribution >= 4 is 33.3 Å². The summed E-state index contributed by atoms with van der Waals surface area (Å²) in [7, 11) is -4.52. The monoisotopic (exact) mass is 373 g/mol. The molecule has 23 heavy (non-hydrogen) atoms. The van der Waals surface area contributed by atoms with Crippen molar-refractivity contribution in [3.63, 3.8) is 0 Å². The third kappa shape index (κ3) is 5.71. The summed E-state index contributed by atoms with van der Waals surface area (Å²) in [6.45, 7) is -1.94. The smallest absolute Gasteiger partial charge is 0.422 e. The van der Waals surface area contributed by atoms with Crippen molar-refractivity contribution in [3.05, 3.63) is 28.3 Å². The van der Waals surface area contributed by atoms with Crippen LogP contribution < -0.4 is 0 Å². The minimum Gasteiger partial charge on any atom is -0.455 e. The number of benzene rings is 1. The van der Waals surface area contributed by atoms with Gasteiger partial charge in [-0.15, -0.1) is 11.8 Å². The maximum Gasteiger partial charge on any atom is 0.422 e. The molecule has 0 bridgehead atoms. The summed E-state index contributed by atoms with van der Waals surface area (Å²) < 4.78 is 63.5. The van der Waals surface area contributed by atoms with Gasteiger partial charge in [-0.05, 0) is 18.4 Å². The number of hydrogen-bond donors (Lipinski definition) is 0. The van der Waals surface area contributed by atoms with Gasteiger partial charge in [0.25, 0.3) is 5.69 Å². The molecule has 0 saturated carbocycles. The Balaban J connectivity index is 3.05. The van der Waals surface area contributed by atoms with E-state index in [0.29, 0.717) is 4.90 Å². The number of sulfone groups is 1. The molecule has 7 nitrogen and oxygen atoms in total. The van der Waals surface area contributed by atoms with E-state index >= 15 is 0 Å². The molecule has 128 valence electrons. The Morgan fingerprint density at radius 2 is 2.00 bits per heavy atom. The predicted molar refractivity (Wildman–Crippen MR) is 73.9 cm³/mol. The lowest BCUT2D eigenvalue weighted by atomic mass is 10.3. The Morgan fingerprint density at radius 1 is 1.39 bits per heavy atom. The molecule has 0 heterocycles. The van der Waals surface area contributed by atoms with E-state index in [1.165, 1.54) is 6.07 Å². The Bertz CT molecular complexity index is 717. The molecule has 0 aliphatic carbocycles. The number of hydrogen-bond acceptors (Lipinski definition) is 7. The van der Waals surface area contributed by atoms with Crippen molar-refractivity contribution < 1.29 is 36.0 Å². The van der Waals surface area contributed by atoms with Crippen LogP contribution in [-0.4, -0.2) is 44.1 Å². The number of rotatable bonds is 6. The zero-order valence-electron chi connectivity index (χ0n) is 11.5. The molecule has 0 N–H and O–H groups in total. The largest absolute Gasteiger partial charge is 0.455 e. The number of halogens is 3. The molecule has 0 radical (unpaired) electrons. The third-order valence-electron chi connectivity index (χ3n) is 2.40. The van der Waals surface area contributed by atoms with E-state index in [2.05, 4.69) is 4.74 Å². The van der Waals surface area contributed by atoms with Gasteiger partial charge in [0.05, 0.1) is 4.92 Å². The zero-order valence-corrected chi connectivity index (χ0v) is 13.1. The molecular formula is C11H10F3NO6S2. The quantitative estimate of drug-likeness (QED) is 0.326. The highest BCUT2D eigenvalue weighted by Gasteiger charge is 2.33. The standard InChI is InChI=1S/C11H10F3NO6S2/c1-22-7-2-3-9(8(4-7)15(17)18)23(19,20)5-10(16)21-6-11(12,13)14/h2-4H,5-6H2,1H3. The first-order valence-electron chi connectivity index (χ1n) is 5.74. The summed E-state index contributed by atoms with van der Waals surface area (Å²) in [6.07, 6.45) is -3.19. The molecule has 0 aliphatic heterocycles.